The number of rotatable bonds is 4. The Hall–Kier alpha value is -2.83. The standard InChI is InChI=1S/C20H19F3N2O2/c21-15-10-9-14(11-17(15)23)24-19(26)12-5-7-13(8-6-12)20(27)25-18-4-2-1-3-16(18)22/h1-4,9-13H,5-8H2,(H,24,26)(H,25,27). The lowest BCUT2D eigenvalue weighted by atomic mass is 9.81. The van der Waals surface area contributed by atoms with Crippen LogP contribution in [-0.2, 0) is 9.59 Å². The fourth-order valence-electron chi connectivity index (χ4n) is 3.23. The number of para-hydroxylation sites is 1. The van der Waals surface area contributed by atoms with Gasteiger partial charge in [-0.2, -0.15) is 0 Å². The molecule has 0 atom stereocenters. The lowest BCUT2D eigenvalue weighted by Gasteiger charge is -2.27. The summed E-state index contributed by atoms with van der Waals surface area (Å²) in [7, 11) is 0. The molecule has 142 valence electrons. The number of hydrogen-bond acceptors (Lipinski definition) is 2. The molecule has 0 bridgehead atoms. The van der Waals surface area contributed by atoms with Crippen molar-refractivity contribution < 1.29 is 22.8 Å². The molecule has 2 N–H and O–H groups in total. The zero-order valence-corrected chi connectivity index (χ0v) is 14.5. The number of carbonyl (C=O) groups excluding carboxylic acids is 2. The van der Waals surface area contributed by atoms with Gasteiger partial charge in [0.25, 0.3) is 0 Å². The van der Waals surface area contributed by atoms with Crippen molar-refractivity contribution in [1.29, 1.82) is 0 Å². The smallest absolute Gasteiger partial charge is 0.227 e. The highest BCUT2D eigenvalue weighted by atomic mass is 19.2. The van der Waals surface area contributed by atoms with Crippen molar-refractivity contribution in [1.82, 2.24) is 0 Å². The number of hydrogen-bond donors (Lipinski definition) is 2. The molecule has 4 nitrogen and oxygen atoms in total. The third-order valence-corrected chi connectivity index (χ3v) is 4.79. The van der Waals surface area contributed by atoms with Gasteiger partial charge >= 0.3 is 0 Å². The van der Waals surface area contributed by atoms with Gasteiger partial charge in [0, 0.05) is 23.6 Å². The SMILES string of the molecule is O=C(Nc1ccc(F)c(F)c1)C1CCC(C(=O)Nc2ccccc2F)CC1. The van der Waals surface area contributed by atoms with E-state index in [2.05, 4.69) is 10.6 Å². The van der Waals surface area contributed by atoms with Crippen LogP contribution in [0.25, 0.3) is 0 Å². The van der Waals surface area contributed by atoms with E-state index >= 15 is 0 Å². The number of amides is 2. The van der Waals surface area contributed by atoms with Gasteiger partial charge in [-0.1, -0.05) is 12.1 Å². The van der Waals surface area contributed by atoms with Crippen LogP contribution in [0.4, 0.5) is 24.5 Å². The molecule has 0 aliphatic heterocycles. The van der Waals surface area contributed by atoms with Gasteiger partial charge in [0.05, 0.1) is 5.69 Å². The number of carbonyl (C=O) groups is 2. The molecule has 1 saturated carbocycles. The summed E-state index contributed by atoms with van der Waals surface area (Å²) in [5, 5.41) is 5.16. The van der Waals surface area contributed by atoms with Crippen LogP contribution in [-0.4, -0.2) is 11.8 Å². The molecule has 1 fully saturated rings. The van der Waals surface area contributed by atoms with Gasteiger partial charge < -0.3 is 10.6 Å². The van der Waals surface area contributed by atoms with E-state index in [9.17, 15) is 22.8 Å². The maximum Gasteiger partial charge on any atom is 0.227 e. The number of halogens is 3. The van der Waals surface area contributed by atoms with Crippen molar-refractivity contribution in [2.75, 3.05) is 10.6 Å². The van der Waals surface area contributed by atoms with E-state index in [-0.39, 0.29) is 35.0 Å². The van der Waals surface area contributed by atoms with Crippen molar-refractivity contribution in [3.05, 3.63) is 59.9 Å². The van der Waals surface area contributed by atoms with Crippen LogP contribution in [0.3, 0.4) is 0 Å². The minimum absolute atomic E-state index is 0.140. The molecule has 2 amide bonds. The number of nitrogens with one attached hydrogen (secondary N) is 2. The van der Waals surface area contributed by atoms with Crippen LogP contribution >= 0.6 is 0 Å². The Morgan fingerprint density at radius 2 is 1.33 bits per heavy atom. The van der Waals surface area contributed by atoms with Gasteiger partial charge in [-0.05, 0) is 49.9 Å². The average Bonchev–Trinajstić information content (AvgIpc) is 2.66. The van der Waals surface area contributed by atoms with Gasteiger partial charge in [-0.3, -0.25) is 9.59 Å². The third kappa shape index (κ3) is 4.67. The quantitative estimate of drug-likeness (QED) is 0.826. The first-order valence-corrected chi connectivity index (χ1v) is 8.75. The molecule has 1 aliphatic carbocycles. The van der Waals surface area contributed by atoms with Crippen molar-refractivity contribution in [2.24, 2.45) is 11.8 Å². The van der Waals surface area contributed by atoms with Crippen LogP contribution in [0.2, 0.25) is 0 Å². The summed E-state index contributed by atoms with van der Waals surface area (Å²) in [4.78, 5) is 24.6. The van der Waals surface area contributed by atoms with E-state index in [1.54, 1.807) is 12.1 Å². The summed E-state index contributed by atoms with van der Waals surface area (Å²) in [5.41, 5.74) is 0.332. The predicted molar refractivity (Wildman–Crippen MR) is 95.5 cm³/mol. The molecule has 27 heavy (non-hydrogen) atoms. The van der Waals surface area contributed by atoms with E-state index in [4.69, 9.17) is 0 Å². The first-order valence-electron chi connectivity index (χ1n) is 8.75. The zero-order valence-electron chi connectivity index (χ0n) is 14.5. The number of anilines is 2. The molecule has 0 saturated heterocycles. The highest BCUT2D eigenvalue weighted by Gasteiger charge is 2.30. The minimum atomic E-state index is -1.03. The molecule has 2 aromatic rings. The summed E-state index contributed by atoms with van der Waals surface area (Å²) < 4.78 is 39.8. The summed E-state index contributed by atoms with van der Waals surface area (Å²) in [6.45, 7) is 0. The van der Waals surface area contributed by atoms with E-state index in [0.717, 1.165) is 12.1 Å². The second kappa shape index (κ2) is 8.24. The molecule has 3 rings (SSSR count). The summed E-state index contributed by atoms with van der Waals surface area (Å²) in [6, 6.07) is 9.13. The molecule has 1 aliphatic rings. The normalized spacial score (nSPS) is 19.4. The number of benzene rings is 2. The van der Waals surface area contributed by atoms with Gasteiger partial charge in [0.15, 0.2) is 11.6 Å². The second-order valence-electron chi connectivity index (χ2n) is 6.64. The van der Waals surface area contributed by atoms with Gasteiger partial charge in [-0.15, -0.1) is 0 Å². The lowest BCUT2D eigenvalue weighted by Crippen LogP contribution is -2.32. The summed E-state index contributed by atoms with van der Waals surface area (Å²) in [6.07, 6.45) is 1.97. The Labute approximate surface area is 154 Å². The van der Waals surface area contributed by atoms with E-state index < -0.39 is 17.5 Å². The monoisotopic (exact) mass is 376 g/mol. The van der Waals surface area contributed by atoms with Crippen molar-refractivity contribution >= 4 is 23.2 Å². The van der Waals surface area contributed by atoms with Crippen LogP contribution in [0.15, 0.2) is 42.5 Å². The summed E-state index contributed by atoms with van der Waals surface area (Å²) >= 11 is 0. The molecule has 7 heteroatoms. The first kappa shape index (κ1) is 18.9. The Morgan fingerprint density at radius 3 is 1.93 bits per heavy atom. The minimum Gasteiger partial charge on any atom is -0.326 e. The Kier molecular flexibility index (Phi) is 5.78. The molecular weight excluding hydrogens is 357 g/mol. The fraction of sp³-hybridized carbons (Fsp3) is 0.300. The zero-order chi connectivity index (χ0) is 19.4. The van der Waals surface area contributed by atoms with Gasteiger partial charge in [-0.25, -0.2) is 13.2 Å². The Bertz CT molecular complexity index is 849. The molecule has 2 aromatic carbocycles. The molecule has 0 unspecified atom stereocenters. The van der Waals surface area contributed by atoms with Gasteiger partial charge in [0.1, 0.15) is 5.82 Å². The average molecular weight is 376 g/mol. The van der Waals surface area contributed by atoms with E-state index in [0.29, 0.717) is 25.7 Å². The molecule has 0 heterocycles. The maximum absolute atomic E-state index is 13.6. The van der Waals surface area contributed by atoms with Crippen molar-refractivity contribution in [3.8, 4) is 0 Å². The largest absolute Gasteiger partial charge is 0.326 e. The third-order valence-electron chi connectivity index (χ3n) is 4.79. The lowest BCUT2D eigenvalue weighted by molar-refractivity contribution is -0.125. The maximum atomic E-state index is 13.6. The van der Waals surface area contributed by atoms with Crippen molar-refractivity contribution in [2.45, 2.75) is 25.7 Å². The molecule has 0 aromatic heterocycles. The fourth-order valence-corrected chi connectivity index (χ4v) is 3.23. The predicted octanol–water partition coefficient (Wildman–Crippen LogP) is 4.49. The highest BCUT2D eigenvalue weighted by molar-refractivity contribution is 5.94. The van der Waals surface area contributed by atoms with Crippen LogP contribution < -0.4 is 10.6 Å². The van der Waals surface area contributed by atoms with E-state index in [1.165, 1.54) is 18.2 Å². The van der Waals surface area contributed by atoms with Gasteiger partial charge in [0.2, 0.25) is 11.8 Å². The highest BCUT2D eigenvalue weighted by Crippen LogP contribution is 2.31. The topological polar surface area (TPSA) is 58.2 Å². The Morgan fingerprint density at radius 1 is 0.741 bits per heavy atom. The van der Waals surface area contributed by atoms with Crippen molar-refractivity contribution in [3.63, 3.8) is 0 Å². The first-order chi connectivity index (χ1) is 12.9. The van der Waals surface area contributed by atoms with Crippen LogP contribution in [0, 0.1) is 29.3 Å². The Balaban J connectivity index is 1.52. The van der Waals surface area contributed by atoms with Crippen LogP contribution in [0.5, 0.6) is 0 Å². The second-order valence-corrected chi connectivity index (χ2v) is 6.64. The van der Waals surface area contributed by atoms with E-state index in [1.807, 2.05) is 0 Å². The van der Waals surface area contributed by atoms with Crippen LogP contribution in [0.1, 0.15) is 25.7 Å². The molecule has 0 spiro atoms. The molecular formula is C20H19F3N2O2. The molecule has 0 radical (unpaired) electrons. The summed E-state index contributed by atoms with van der Waals surface area (Å²) in [5.74, 6) is -3.65.